The van der Waals surface area contributed by atoms with Gasteiger partial charge in [-0.15, -0.1) is 0 Å². The van der Waals surface area contributed by atoms with E-state index in [0.29, 0.717) is 17.8 Å². The van der Waals surface area contributed by atoms with Crippen LogP contribution in [0.15, 0.2) is 0 Å². The number of esters is 1. The monoisotopic (exact) mass is 322 g/mol. The maximum Gasteiger partial charge on any atom is 0.323 e. The number of hydrogen-bond acceptors (Lipinski definition) is 3. The Morgan fingerprint density at radius 3 is 2.57 bits per heavy atom. The fourth-order valence-electron chi connectivity index (χ4n) is 5.65. The van der Waals surface area contributed by atoms with Crippen LogP contribution in [0.5, 0.6) is 0 Å². The summed E-state index contributed by atoms with van der Waals surface area (Å²) in [6.07, 6.45) is 6.95. The summed E-state index contributed by atoms with van der Waals surface area (Å²) in [6.45, 7) is 7.22. The Hall–Kier alpha value is -1.06. The molecule has 6 atom stereocenters. The van der Waals surface area contributed by atoms with Gasteiger partial charge in [0.2, 0.25) is 0 Å². The van der Waals surface area contributed by atoms with E-state index < -0.39 is 23.0 Å². The fraction of sp³-hybridized carbons (Fsp3) is 0.895. The molecule has 3 aliphatic carbocycles. The molecule has 4 nitrogen and oxygen atoms in total. The first kappa shape index (κ1) is 16.8. The lowest BCUT2D eigenvalue weighted by Crippen LogP contribution is -2.52. The van der Waals surface area contributed by atoms with Crippen LogP contribution in [0.3, 0.4) is 0 Å². The van der Waals surface area contributed by atoms with Gasteiger partial charge in [0.05, 0.1) is 0 Å². The molecule has 0 spiro atoms. The molecule has 6 unspecified atom stereocenters. The molecule has 0 heterocycles. The number of carboxylic acids is 1. The van der Waals surface area contributed by atoms with E-state index in [1.54, 1.807) is 0 Å². The molecule has 3 aliphatic rings. The largest absolute Gasteiger partial charge is 0.480 e. The zero-order chi connectivity index (χ0) is 17.0. The fourth-order valence-corrected chi connectivity index (χ4v) is 5.65. The molecule has 3 fully saturated rings. The van der Waals surface area contributed by atoms with E-state index in [4.69, 9.17) is 4.74 Å². The van der Waals surface area contributed by atoms with E-state index in [-0.39, 0.29) is 5.92 Å². The minimum Gasteiger partial charge on any atom is -0.480 e. The summed E-state index contributed by atoms with van der Waals surface area (Å²) < 4.78 is 6.10. The van der Waals surface area contributed by atoms with Crippen LogP contribution in [0, 0.1) is 35.0 Å². The number of aliphatic carboxylic acids is 1. The Labute approximate surface area is 139 Å². The maximum atomic E-state index is 12.7. The van der Waals surface area contributed by atoms with Crippen LogP contribution in [-0.4, -0.2) is 22.6 Å². The van der Waals surface area contributed by atoms with Crippen LogP contribution < -0.4 is 0 Å². The molecule has 23 heavy (non-hydrogen) atoms. The lowest BCUT2D eigenvalue weighted by molar-refractivity contribution is -0.193. The molecule has 1 N–H and O–H groups in total. The summed E-state index contributed by atoms with van der Waals surface area (Å²) in [6, 6.07) is 0. The van der Waals surface area contributed by atoms with Gasteiger partial charge < -0.3 is 9.84 Å². The smallest absolute Gasteiger partial charge is 0.323 e. The van der Waals surface area contributed by atoms with Crippen molar-refractivity contribution in [3.05, 3.63) is 0 Å². The minimum absolute atomic E-state index is 0.285. The molecule has 0 saturated heterocycles. The van der Waals surface area contributed by atoms with Crippen LogP contribution in [0.25, 0.3) is 0 Å². The summed E-state index contributed by atoms with van der Waals surface area (Å²) >= 11 is 0. The third kappa shape index (κ3) is 2.32. The molecule has 3 saturated carbocycles. The predicted octanol–water partition coefficient (Wildman–Crippen LogP) is 3.88. The van der Waals surface area contributed by atoms with E-state index in [0.717, 1.165) is 18.8 Å². The van der Waals surface area contributed by atoms with Gasteiger partial charge in [0, 0.05) is 5.92 Å². The van der Waals surface area contributed by atoms with Crippen LogP contribution in [0.1, 0.15) is 66.2 Å². The van der Waals surface area contributed by atoms with Crippen molar-refractivity contribution >= 4 is 11.9 Å². The van der Waals surface area contributed by atoms with Crippen molar-refractivity contribution in [1.29, 1.82) is 0 Å². The normalized spacial score (nSPS) is 40.0. The third-order valence-electron chi connectivity index (χ3n) is 7.29. The molecule has 0 aliphatic heterocycles. The van der Waals surface area contributed by atoms with Gasteiger partial charge >= 0.3 is 11.9 Å². The molecule has 3 rings (SSSR count). The molecule has 0 radical (unpaired) electrons. The van der Waals surface area contributed by atoms with E-state index in [9.17, 15) is 14.7 Å². The number of carbonyl (C=O) groups excluding carboxylic acids is 1. The van der Waals surface area contributed by atoms with Gasteiger partial charge in [-0.25, -0.2) is 0 Å². The molecular formula is C19H30O4. The van der Waals surface area contributed by atoms with E-state index in [1.807, 2.05) is 0 Å². The topological polar surface area (TPSA) is 63.6 Å². The SMILES string of the molecule is CCC(C)C1(OC(=O)C(C)(C)C(=O)O)CC2CC1C1CCCC21. The molecule has 0 aromatic rings. The van der Waals surface area contributed by atoms with Crippen molar-refractivity contribution in [3.63, 3.8) is 0 Å². The highest BCUT2D eigenvalue weighted by atomic mass is 16.6. The Morgan fingerprint density at radius 1 is 1.30 bits per heavy atom. The van der Waals surface area contributed by atoms with Crippen LogP contribution >= 0.6 is 0 Å². The van der Waals surface area contributed by atoms with Crippen LogP contribution in [0.4, 0.5) is 0 Å². The second-order valence-electron chi connectivity index (χ2n) is 8.65. The van der Waals surface area contributed by atoms with Crippen molar-refractivity contribution in [2.75, 3.05) is 0 Å². The standard InChI is InChI=1S/C19H30O4/c1-5-11(2)19(23-17(22)18(3,4)16(20)21)10-12-9-15(19)14-8-6-7-13(12)14/h11-15H,5-10H2,1-4H3,(H,20,21). The lowest BCUT2D eigenvalue weighted by atomic mass is 9.67. The number of carboxylic acid groups (broad SMARTS) is 1. The molecular weight excluding hydrogens is 292 g/mol. The lowest BCUT2D eigenvalue weighted by Gasteiger charge is -2.46. The summed E-state index contributed by atoms with van der Waals surface area (Å²) in [5.74, 6) is 1.22. The second-order valence-corrected chi connectivity index (χ2v) is 8.65. The summed E-state index contributed by atoms with van der Waals surface area (Å²) in [4.78, 5) is 24.1. The van der Waals surface area contributed by atoms with Gasteiger partial charge in [0.15, 0.2) is 5.41 Å². The Bertz CT molecular complexity index is 511. The third-order valence-corrected chi connectivity index (χ3v) is 7.29. The number of ether oxygens (including phenoxy) is 1. The number of hydrogen-bond donors (Lipinski definition) is 1. The predicted molar refractivity (Wildman–Crippen MR) is 86.7 cm³/mol. The highest BCUT2D eigenvalue weighted by Crippen LogP contribution is 2.65. The molecule has 0 amide bonds. The van der Waals surface area contributed by atoms with Gasteiger partial charge in [-0.2, -0.15) is 0 Å². The van der Waals surface area contributed by atoms with Crippen molar-refractivity contribution in [2.45, 2.75) is 71.8 Å². The quantitative estimate of drug-likeness (QED) is 0.616. The summed E-state index contributed by atoms with van der Waals surface area (Å²) in [5, 5.41) is 9.35. The zero-order valence-electron chi connectivity index (χ0n) is 14.8. The molecule has 0 aromatic heterocycles. The van der Waals surface area contributed by atoms with Crippen LogP contribution in [-0.2, 0) is 14.3 Å². The van der Waals surface area contributed by atoms with Gasteiger partial charge in [-0.3, -0.25) is 9.59 Å². The van der Waals surface area contributed by atoms with Crippen molar-refractivity contribution in [3.8, 4) is 0 Å². The number of rotatable bonds is 5. The van der Waals surface area contributed by atoms with Gasteiger partial charge in [0.25, 0.3) is 0 Å². The first-order chi connectivity index (χ1) is 10.7. The highest BCUT2D eigenvalue weighted by Gasteiger charge is 2.64. The van der Waals surface area contributed by atoms with E-state index >= 15 is 0 Å². The highest BCUT2D eigenvalue weighted by molar-refractivity contribution is 5.98. The van der Waals surface area contributed by atoms with Crippen molar-refractivity contribution < 1.29 is 19.4 Å². The average molecular weight is 322 g/mol. The maximum absolute atomic E-state index is 12.7. The van der Waals surface area contributed by atoms with E-state index in [1.165, 1.54) is 39.5 Å². The Kier molecular flexibility index (Phi) is 4.01. The van der Waals surface area contributed by atoms with E-state index in [2.05, 4.69) is 13.8 Å². The van der Waals surface area contributed by atoms with Crippen molar-refractivity contribution in [1.82, 2.24) is 0 Å². The summed E-state index contributed by atoms with van der Waals surface area (Å²) in [5.41, 5.74) is -1.91. The zero-order valence-corrected chi connectivity index (χ0v) is 14.8. The second kappa shape index (κ2) is 5.49. The minimum atomic E-state index is -1.47. The van der Waals surface area contributed by atoms with Crippen LogP contribution in [0.2, 0.25) is 0 Å². The average Bonchev–Trinajstić information content (AvgIpc) is 3.17. The van der Waals surface area contributed by atoms with Gasteiger partial charge in [0.1, 0.15) is 5.60 Å². The Morgan fingerprint density at radius 2 is 1.96 bits per heavy atom. The number of carbonyl (C=O) groups is 2. The molecule has 4 heteroatoms. The first-order valence-electron chi connectivity index (χ1n) is 9.20. The number of fused-ring (bicyclic) bond motifs is 5. The van der Waals surface area contributed by atoms with Gasteiger partial charge in [-0.05, 0) is 69.6 Å². The molecule has 2 bridgehead atoms. The molecule has 0 aromatic carbocycles. The van der Waals surface area contributed by atoms with Crippen molar-refractivity contribution in [2.24, 2.45) is 35.0 Å². The first-order valence-corrected chi connectivity index (χ1v) is 9.20. The Balaban J connectivity index is 1.88. The molecule has 130 valence electrons. The summed E-state index contributed by atoms with van der Waals surface area (Å²) in [7, 11) is 0. The van der Waals surface area contributed by atoms with Gasteiger partial charge in [-0.1, -0.05) is 20.3 Å².